The summed E-state index contributed by atoms with van der Waals surface area (Å²) < 4.78 is 0. The quantitative estimate of drug-likeness (QED) is 0.889. The van der Waals surface area contributed by atoms with Gasteiger partial charge in [-0.1, -0.05) is 6.07 Å². The molecule has 1 N–H and O–H groups in total. The molecule has 0 radical (unpaired) electrons. The monoisotopic (exact) mass is 267 g/mol. The van der Waals surface area contributed by atoms with Gasteiger partial charge in [-0.3, -0.25) is 9.88 Å². The van der Waals surface area contributed by atoms with E-state index < -0.39 is 0 Å². The predicted octanol–water partition coefficient (Wildman–Crippen LogP) is 2.08. The molecule has 0 aromatic carbocycles. The van der Waals surface area contributed by atoms with Crippen molar-refractivity contribution in [3.63, 3.8) is 0 Å². The van der Waals surface area contributed by atoms with Crippen molar-refractivity contribution in [1.82, 2.24) is 15.2 Å². The minimum Gasteiger partial charge on any atom is -0.317 e. The van der Waals surface area contributed by atoms with E-state index in [4.69, 9.17) is 0 Å². The first-order valence-corrected chi connectivity index (χ1v) is 6.69. The average Bonchev–Trinajstić information content (AvgIpc) is 2.74. The normalized spacial score (nSPS) is 22.9. The molecule has 1 aromatic heterocycles. The van der Waals surface area contributed by atoms with Crippen LogP contribution in [0.3, 0.4) is 0 Å². The highest BCUT2D eigenvalue weighted by Crippen LogP contribution is 2.38. The van der Waals surface area contributed by atoms with Crippen molar-refractivity contribution < 1.29 is 0 Å². The molecule has 0 bridgehead atoms. The van der Waals surface area contributed by atoms with Crippen molar-refractivity contribution in [3.05, 3.63) is 30.1 Å². The first-order chi connectivity index (χ1) is 8.36. The van der Waals surface area contributed by atoms with Gasteiger partial charge < -0.3 is 5.32 Å². The molecule has 18 heavy (non-hydrogen) atoms. The first-order valence-electron chi connectivity index (χ1n) is 6.69. The molecule has 1 aromatic rings. The number of pyridine rings is 1. The number of hydrogen-bond acceptors (Lipinski definition) is 3. The molecule has 0 saturated carbocycles. The Morgan fingerprint density at radius 1 is 1.22 bits per heavy atom. The van der Waals surface area contributed by atoms with E-state index in [1.54, 1.807) is 0 Å². The Bertz CT molecular complexity index is 363. The van der Waals surface area contributed by atoms with Gasteiger partial charge >= 0.3 is 0 Å². The summed E-state index contributed by atoms with van der Waals surface area (Å²) in [6.45, 7) is 5.95. The second-order valence-electron chi connectivity index (χ2n) is 5.53. The predicted molar refractivity (Wildman–Crippen MR) is 75.9 cm³/mol. The summed E-state index contributed by atoms with van der Waals surface area (Å²) >= 11 is 0. The third-order valence-corrected chi connectivity index (χ3v) is 4.29. The molecule has 0 aliphatic carbocycles. The topological polar surface area (TPSA) is 28.2 Å². The molecular formula is C14H22ClN3. The lowest BCUT2D eigenvalue weighted by Crippen LogP contribution is -2.38. The van der Waals surface area contributed by atoms with Crippen LogP contribution in [0.5, 0.6) is 0 Å². The fraction of sp³-hybridized carbons (Fsp3) is 0.643. The number of piperidine rings is 1. The van der Waals surface area contributed by atoms with E-state index in [-0.39, 0.29) is 12.4 Å². The maximum absolute atomic E-state index is 4.42. The van der Waals surface area contributed by atoms with Crippen LogP contribution in [-0.4, -0.2) is 36.1 Å². The molecule has 3 heterocycles. The molecule has 3 rings (SSSR count). The second kappa shape index (κ2) is 6.00. The summed E-state index contributed by atoms with van der Waals surface area (Å²) in [6, 6.07) is 6.20. The Morgan fingerprint density at radius 2 is 2.06 bits per heavy atom. The average molecular weight is 268 g/mol. The van der Waals surface area contributed by atoms with Crippen molar-refractivity contribution in [2.24, 2.45) is 5.41 Å². The third-order valence-electron chi connectivity index (χ3n) is 4.29. The molecule has 2 aliphatic heterocycles. The maximum atomic E-state index is 4.42. The molecule has 0 atom stereocenters. The lowest BCUT2D eigenvalue weighted by Gasteiger charge is -2.33. The van der Waals surface area contributed by atoms with Crippen molar-refractivity contribution in [1.29, 1.82) is 0 Å². The largest absolute Gasteiger partial charge is 0.317 e. The Labute approximate surface area is 115 Å². The molecule has 0 unspecified atom stereocenters. The van der Waals surface area contributed by atoms with Gasteiger partial charge in [0.05, 0.1) is 5.69 Å². The van der Waals surface area contributed by atoms with E-state index in [1.165, 1.54) is 51.1 Å². The Morgan fingerprint density at radius 3 is 2.78 bits per heavy atom. The second-order valence-corrected chi connectivity index (χ2v) is 5.53. The van der Waals surface area contributed by atoms with Crippen LogP contribution < -0.4 is 5.32 Å². The smallest absolute Gasteiger partial charge is 0.0543 e. The van der Waals surface area contributed by atoms with Crippen LogP contribution in [0.25, 0.3) is 0 Å². The summed E-state index contributed by atoms with van der Waals surface area (Å²) in [4.78, 5) is 7.00. The maximum Gasteiger partial charge on any atom is 0.0543 e. The number of aromatic nitrogens is 1. The van der Waals surface area contributed by atoms with Gasteiger partial charge in [0.1, 0.15) is 0 Å². The number of nitrogens with one attached hydrogen (secondary N) is 1. The lowest BCUT2D eigenvalue weighted by atomic mass is 9.78. The molecule has 2 aliphatic rings. The van der Waals surface area contributed by atoms with Crippen LogP contribution in [0.2, 0.25) is 0 Å². The van der Waals surface area contributed by atoms with Gasteiger partial charge in [0, 0.05) is 19.3 Å². The fourth-order valence-electron chi connectivity index (χ4n) is 3.25. The van der Waals surface area contributed by atoms with E-state index in [9.17, 15) is 0 Å². The van der Waals surface area contributed by atoms with E-state index in [1.807, 2.05) is 12.3 Å². The van der Waals surface area contributed by atoms with Crippen molar-refractivity contribution in [2.45, 2.75) is 25.8 Å². The Hall–Kier alpha value is -0.640. The molecule has 3 nitrogen and oxygen atoms in total. The van der Waals surface area contributed by atoms with Gasteiger partial charge in [0.2, 0.25) is 0 Å². The standard InChI is InChI=1S/C14H21N3.ClH/c1-2-7-16-13(3-1)11-17-10-6-14(12-17)4-8-15-9-5-14;/h1-3,7,15H,4-6,8-12H2;1H. The lowest BCUT2D eigenvalue weighted by molar-refractivity contribution is 0.193. The zero-order valence-corrected chi connectivity index (χ0v) is 11.6. The zero-order chi connectivity index (χ0) is 11.6. The van der Waals surface area contributed by atoms with Gasteiger partial charge in [0.25, 0.3) is 0 Å². The molecule has 2 fully saturated rings. The van der Waals surface area contributed by atoms with Gasteiger partial charge in [-0.2, -0.15) is 0 Å². The number of likely N-dealkylation sites (tertiary alicyclic amines) is 1. The van der Waals surface area contributed by atoms with Crippen LogP contribution in [0.15, 0.2) is 24.4 Å². The third kappa shape index (κ3) is 3.02. The van der Waals surface area contributed by atoms with Crippen LogP contribution >= 0.6 is 12.4 Å². The van der Waals surface area contributed by atoms with Gasteiger partial charge in [0.15, 0.2) is 0 Å². The van der Waals surface area contributed by atoms with E-state index in [0.29, 0.717) is 5.41 Å². The molecule has 100 valence electrons. The summed E-state index contributed by atoms with van der Waals surface area (Å²) in [6.07, 6.45) is 5.98. The van der Waals surface area contributed by atoms with Crippen molar-refractivity contribution >= 4 is 12.4 Å². The molecule has 2 saturated heterocycles. The molecule has 1 spiro atoms. The number of hydrogen-bond donors (Lipinski definition) is 1. The summed E-state index contributed by atoms with van der Waals surface area (Å²) in [7, 11) is 0. The number of halogens is 1. The molecule has 0 amide bonds. The van der Waals surface area contributed by atoms with Crippen LogP contribution in [-0.2, 0) is 6.54 Å². The Balaban J connectivity index is 0.00000120. The number of nitrogens with zero attached hydrogens (tertiary/aromatic N) is 2. The summed E-state index contributed by atoms with van der Waals surface area (Å²) in [5.74, 6) is 0. The van der Waals surface area contributed by atoms with Crippen LogP contribution in [0.4, 0.5) is 0 Å². The van der Waals surface area contributed by atoms with E-state index >= 15 is 0 Å². The highest BCUT2D eigenvalue weighted by atomic mass is 35.5. The zero-order valence-electron chi connectivity index (χ0n) is 10.8. The number of rotatable bonds is 2. The fourth-order valence-corrected chi connectivity index (χ4v) is 3.25. The summed E-state index contributed by atoms with van der Waals surface area (Å²) in [5.41, 5.74) is 1.82. The SMILES string of the molecule is Cl.c1ccc(CN2CCC3(CCNCC3)C2)nc1. The van der Waals surface area contributed by atoms with Gasteiger partial charge in [-0.05, 0) is 56.4 Å². The minimum atomic E-state index is 0. The van der Waals surface area contributed by atoms with E-state index in [0.717, 1.165) is 6.54 Å². The Kier molecular flexibility index (Phi) is 4.60. The highest BCUT2D eigenvalue weighted by Gasteiger charge is 2.38. The van der Waals surface area contributed by atoms with Crippen molar-refractivity contribution in [3.8, 4) is 0 Å². The summed E-state index contributed by atoms with van der Waals surface area (Å²) in [5, 5.41) is 3.47. The minimum absolute atomic E-state index is 0. The molecule has 4 heteroatoms. The van der Waals surface area contributed by atoms with E-state index in [2.05, 4.69) is 27.3 Å². The first kappa shape index (κ1) is 13.8. The molecular weight excluding hydrogens is 246 g/mol. The van der Waals surface area contributed by atoms with Crippen LogP contribution in [0, 0.1) is 5.41 Å². The highest BCUT2D eigenvalue weighted by molar-refractivity contribution is 5.85. The van der Waals surface area contributed by atoms with Gasteiger partial charge in [-0.15, -0.1) is 12.4 Å². The van der Waals surface area contributed by atoms with Gasteiger partial charge in [-0.25, -0.2) is 0 Å². The van der Waals surface area contributed by atoms with Crippen molar-refractivity contribution in [2.75, 3.05) is 26.2 Å². The van der Waals surface area contributed by atoms with Crippen LogP contribution in [0.1, 0.15) is 25.0 Å².